The number of hydrogen-bond acceptors (Lipinski definition) is 2. The highest BCUT2D eigenvalue weighted by Gasteiger charge is 2.09. The Balaban J connectivity index is 1.66. The molecule has 126 valence electrons. The normalized spacial score (nSPS) is 10.1. The van der Waals surface area contributed by atoms with Gasteiger partial charge in [0.1, 0.15) is 5.82 Å². The summed E-state index contributed by atoms with van der Waals surface area (Å²) in [5, 5.41) is 8.09. The Morgan fingerprint density at radius 3 is 2.38 bits per heavy atom. The lowest BCUT2D eigenvalue weighted by atomic mass is 10.2. The van der Waals surface area contributed by atoms with Crippen LogP contribution in [0.15, 0.2) is 48.5 Å². The first-order valence-electron chi connectivity index (χ1n) is 7.71. The zero-order chi connectivity index (χ0) is 17.4. The summed E-state index contributed by atoms with van der Waals surface area (Å²) in [5.74, 6) is -1.01. The summed E-state index contributed by atoms with van der Waals surface area (Å²) in [6, 6.07) is 13.0. The minimum Gasteiger partial charge on any atom is -0.352 e. The van der Waals surface area contributed by atoms with Crippen LogP contribution in [-0.2, 0) is 0 Å². The number of amides is 3. The monoisotopic (exact) mass is 329 g/mol. The van der Waals surface area contributed by atoms with Crippen LogP contribution in [0.1, 0.15) is 22.3 Å². The van der Waals surface area contributed by atoms with Gasteiger partial charge in [-0.2, -0.15) is 0 Å². The summed E-state index contributed by atoms with van der Waals surface area (Å²) >= 11 is 0. The predicted octanol–water partition coefficient (Wildman–Crippen LogP) is 3.08. The smallest absolute Gasteiger partial charge is 0.319 e. The van der Waals surface area contributed by atoms with Crippen molar-refractivity contribution in [3.05, 3.63) is 65.5 Å². The summed E-state index contributed by atoms with van der Waals surface area (Å²) in [5.41, 5.74) is 1.75. The van der Waals surface area contributed by atoms with Crippen LogP contribution < -0.4 is 16.0 Å². The topological polar surface area (TPSA) is 70.2 Å². The third-order valence-electron chi connectivity index (χ3n) is 3.44. The minimum atomic E-state index is -0.550. The van der Waals surface area contributed by atoms with Gasteiger partial charge < -0.3 is 16.0 Å². The number of para-hydroxylation sites is 1. The van der Waals surface area contributed by atoms with E-state index in [1.807, 2.05) is 31.2 Å². The number of benzene rings is 2. The highest BCUT2D eigenvalue weighted by Crippen LogP contribution is 2.12. The SMILES string of the molecule is Cc1ccccc1NC(=O)NCCCNC(=O)c1ccccc1F. The van der Waals surface area contributed by atoms with Crippen LogP contribution in [0.5, 0.6) is 0 Å². The van der Waals surface area contributed by atoms with Gasteiger partial charge in [0, 0.05) is 18.8 Å². The molecule has 0 aromatic heterocycles. The van der Waals surface area contributed by atoms with Crippen molar-refractivity contribution >= 4 is 17.6 Å². The van der Waals surface area contributed by atoms with Gasteiger partial charge in [-0.25, -0.2) is 9.18 Å². The Bertz CT molecular complexity index is 719. The third kappa shape index (κ3) is 5.08. The van der Waals surface area contributed by atoms with Crippen LogP contribution in [0.25, 0.3) is 0 Å². The van der Waals surface area contributed by atoms with Crippen molar-refractivity contribution in [1.29, 1.82) is 0 Å². The van der Waals surface area contributed by atoms with Gasteiger partial charge in [0.25, 0.3) is 5.91 Å². The molecule has 0 bridgehead atoms. The summed E-state index contributed by atoms with van der Waals surface area (Å²) < 4.78 is 13.4. The number of rotatable bonds is 6. The van der Waals surface area contributed by atoms with Gasteiger partial charge in [-0.15, -0.1) is 0 Å². The fraction of sp³-hybridized carbons (Fsp3) is 0.222. The van der Waals surface area contributed by atoms with Crippen molar-refractivity contribution in [2.24, 2.45) is 0 Å². The lowest BCUT2D eigenvalue weighted by Crippen LogP contribution is -2.32. The molecule has 0 unspecified atom stereocenters. The molecule has 24 heavy (non-hydrogen) atoms. The van der Waals surface area contributed by atoms with E-state index in [2.05, 4.69) is 16.0 Å². The average Bonchev–Trinajstić information content (AvgIpc) is 2.57. The molecular weight excluding hydrogens is 309 g/mol. The van der Waals surface area contributed by atoms with Crippen LogP contribution in [-0.4, -0.2) is 25.0 Å². The molecule has 3 N–H and O–H groups in total. The van der Waals surface area contributed by atoms with Crippen molar-refractivity contribution < 1.29 is 14.0 Å². The summed E-state index contributed by atoms with van der Waals surface area (Å²) in [4.78, 5) is 23.6. The zero-order valence-electron chi connectivity index (χ0n) is 13.4. The highest BCUT2D eigenvalue weighted by molar-refractivity contribution is 5.94. The molecule has 0 saturated carbocycles. The standard InChI is InChI=1S/C18H20FN3O2/c1-13-7-2-5-10-16(13)22-18(24)21-12-6-11-20-17(23)14-8-3-4-9-15(14)19/h2-5,7-10H,6,11-12H2,1H3,(H,20,23)(H2,21,22,24). The fourth-order valence-electron chi connectivity index (χ4n) is 2.11. The molecule has 0 saturated heterocycles. The van der Waals surface area contributed by atoms with E-state index in [0.717, 1.165) is 11.3 Å². The van der Waals surface area contributed by atoms with Crippen molar-refractivity contribution in [3.63, 3.8) is 0 Å². The molecule has 0 aliphatic carbocycles. The first-order chi connectivity index (χ1) is 11.6. The maximum Gasteiger partial charge on any atom is 0.319 e. The molecule has 0 aliphatic heterocycles. The fourth-order valence-corrected chi connectivity index (χ4v) is 2.11. The van der Waals surface area contributed by atoms with E-state index in [-0.39, 0.29) is 11.6 Å². The van der Waals surface area contributed by atoms with Gasteiger partial charge in [-0.1, -0.05) is 30.3 Å². The maximum absolute atomic E-state index is 13.4. The number of carbonyl (C=O) groups is 2. The molecule has 0 fully saturated rings. The molecule has 0 heterocycles. The van der Waals surface area contributed by atoms with Gasteiger partial charge in [0.15, 0.2) is 0 Å². The number of aryl methyl sites for hydroxylation is 1. The van der Waals surface area contributed by atoms with Gasteiger partial charge in [0.05, 0.1) is 5.56 Å². The van der Waals surface area contributed by atoms with Gasteiger partial charge in [0.2, 0.25) is 0 Å². The van der Waals surface area contributed by atoms with Gasteiger partial charge in [-0.05, 0) is 37.1 Å². The van der Waals surface area contributed by atoms with Crippen molar-refractivity contribution in [2.75, 3.05) is 18.4 Å². The van der Waals surface area contributed by atoms with E-state index >= 15 is 0 Å². The molecule has 0 spiro atoms. The number of carbonyl (C=O) groups excluding carboxylic acids is 2. The maximum atomic E-state index is 13.4. The van der Waals surface area contributed by atoms with Crippen LogP contribution >= 0.6 is 0 Å². The first kappa shape index (κ1) is 17.5. The molecule has 3 amide bonds. The summed E-state index contributed by atoms with van der Waals surface area (Å²) in [6.45, 7) is 2.65. The number of urea groups is 1. The number of hydrogen-bond donors (Lipinski definition) is 3. The van der Waals surface area contributed by atoms with Crippen molar-refractivity contribution in [3.8, 4) is 0 Å². The lowest BCUT2D eigenvalue weighted by molar-refractivity contribution is 0.0949. The van der Waals surface area contributed by atoms with E-state index in [1.54, 1.807) is 6.07 Å². The highest BCUT2D eigenvalue weighted by atomic mass is 19.1. The van der Waals surface area contributed by atoms with E-state index in [0.29, 0.717) is 19.5 Å². The number of anilines is 1. The molecule has 2 aromatic rings. The van der Waals surface area contributed by atoms with Crippen LogP contribution in [0.2, 0.25) is 0 Å². The van der Waals surface area contributed by atoms with E-state index < -0.39 is 11.7 Å². The van der Waals surface area contributed by atoms with Crippen LogP contribution in [0.4, 0.5) is 14.9 Å². The summed E-state index contributed by atoms with van der Waals surface area (Å²) in [7, 11) is 0. The van der Waals surface area contributed by atoms with Crippen molar-refractivity contribution in [1.82, 2.24) is 10.6 Å². The van der Waals surface area contributed by atoms with E-state index in [1.165, 1.54) is 18.2 Å². The third-order valence-corrected chi connectivity index (χ3v) is 3.44. The molecular formula is C18H20FN3O2. The molecule has 0 atom stereocenters. The Morgan fingerprint density at radius 1 is 0.958 bits per heavy atom. The minimum absolute atomic E-state index is 0.0164. The second-order valence-corrected chi connectivity index (χ2v) is 5.29. The van der Waals surface area contributed by atoms with Gasteiger partial charge >= 0.3 is 6.03 Å². The largest absolute Gasteiger partial charge is 0.352 e. The number of nitrogens with one attached hydrogen (secondary N) is 3. The Morgan fingerprint density at radius 2 is 1.62 bits per heavy atom. The predicted molar refractivity (Wildman–Crippen MR) is 91.6 cm³/mol. The van der Waals surface area contributed by atoms with Crippen LogP contribution in [0.3, 0.4) is 0 Å². The second-order valence-electron chi connectivity index (χ2n) is 5.29. The van der Waals surface area contributed by atoms with Crippen molar-refractivity contribution in [2.45, 2.75) is 13.3 Å². The number of halogens is 1. The lowest BCUT2D eigenvalue weighted by Gasteiger charge is -2.10. The van der Waals surface area contributed by atoms with E-state index in [9.17, 15) is 14.0 Å². The zero-order valence-corrected chi connectivity index (χ0v) is 13.4. The molecule has 2 aromatic carbocycles. The summed E-state index contributed by atoms with van der Waals surface area (Å²) in [6.07, 6.45) is 0.543. The molecule has 0 radical (unpaired) electrons. The average molecular weight is 329 g/mol. The molecule has 6 heteroatoms. The Labute approximate surface area is 140 Å². The molecule has 2 rings (SSSR count). The van der Waals surface area contributed by atoms with Crippen LogP contribution in [0, 0.1) is 12.7 Å². The Kier molecular flexibility index (Phi) is 6.31. The van der Waals surface area contributed by atoms with Gasteiger partial charge in [-0.3, -0.25) is 4.79 Å². The van der Waals surface area contributed by atoms with E-state index in [4.69, 9.17) is 0 Å². The quantitative estimate of drug-likeness (QED) is 0.713. The molecule has 0 aliphatic rings. The first-order valence-corrected chi connectivity index (χ1v) is 7.71. The Hall–Kier alpha value is -2.89. The second kappa shape index (κ2) is 8.67. The molecule has 5 nitrogen and oxygen atoms in total.